The Morgan fingerprint density at radius 2 is 1.79 bits per heavy atom. The number of halogens is 1. The molecule has 1 aromatic heterocycles. The van der Waals surface area contributed by atoms with E-state index in [-0.39, 0.29) is 30.2 Å². The van der Waals surface area contributed by atoms with Crippen molar-refractivity contribution in [1.82, 2.24) is 9.78 Å². The number of benzene rings is 1. The number of esters is 1. The molecule has 9 nitrogen and oxygen atoms in total. The molecule has 0 bridgehead atoms. The molecule has 1 fully saturated rings. The molecular weight excluding hydrogens is 541 g/mol. The minimum atomic E-state index is -1.19. The second kappa shape index (κ2) is 14.1. The summed E-state index contributed by atoms with van der Waals surface area (Å²) in [5, 5.41) is 16.6. The van der Waals surface area contributed by atoms with Gasteiger partial charge in [0.15, 0.2) is 5.78 Å². The summed E-state index contributed by atoms with van der Waals surface area (Å²) >= 11 is 0. The number of hydrogen-bond acceptors (Lipinski definition) is 6. The van der Waals surface area contributed by atoms with Crippen molar-refractivity contribution < 1.29 is 33.4 Å². The minimum absolute atomic E-state index is 0.00172. The number of aromatic nitrogens is 2. The van der Waals surface area contributed by atoms with Crippen LogP contribution in [0.15, 0.2) is 30.5 Å². The van der Waals surface area contributed by atoms with Gasteiger partial charge in [-0.1, -0.05) is 32.8 Å². The maximum Gasteiger partial charge on any atom is 0.307 e. The molecule has 1 amide bonds. The third-order valence-electron chi connectivity index (χ3n) is 8.18. The summed E-state index contributed by atoms with van der Waals surface area (Å²) in [4.78, 5) is 51.1. The van der Waals surface area contributed by atoms with Crippen molar-refractivity contribution in [2.24, 2.45) is 23.7 Å². The van der Waals surface area contributed by atoms with Crippen LogP contribution in [-0.2, 0) is 25.7 Å². The smallest absolute Gasteiger partial charge is 0.307 e. The van der Waals surface area contributed by atoms with Crippen LogP contribution in [0.5, 0.6) is 0 Å². The lowest BCUT2D eigenvalue weighted by Crippen LogP contribution is -2.34. The Kier molecular flexibility index (Phi) is 11.0. The number of rotatable bonds is 12. The molecule has 1 aromatic carbocycles. The minimum Gasteiger partial charge on any atom is -0.481 e. The first-order valence-corrected chi connectivity index (χ1v) is 14.8. The molecule has 1 aliphatic carbocycles. The van der Waals surface area contributed by atoms with Crippen LogP contribution >= 0.6 is 0 Å². The molecule has 1 heterocycles. The topological polar surface area (TPSA) is 128 Å². The lowest BCUT2D eigenvalue weighted by Gasteiger charge is -2.32. The molecule has 0 spiro atoms. The summed E-state index contributed by atoms with van der Waals surface area (Å²) in [7, 11) is 0. The average molecular weight is 586 g/mol. The monoisotopic (exact) mass is 585 g/mol. The second-order valence-corrected chi connectivity index (χ2v) is 12.5. The van der Waals surface area contributed by atoms with Crippen molar-refractivity contribution >= 4 is 29.3 Å². The summed E-state index contributed by atoms with van der Waals surface area (Å²) in [6.45, 7) is 11.3. The van der Waals surface area contributed by atoms with E-state index in [4.69, 9.17) is 4.74 Å². The largest absolute Gasteiger partial charge is 0.481 e. The van der Waals surface area contributed by atoms with Gasteiger partial charge in [-0.3, -0.25) is 23.9 Å². The van der Waals surface area contributed by atoms with Crippen molar-refractivity contribution in [3.8, 4) is 0 Å². The van der Waals surface area contributed by atoms with Gasteiger partial charge >= 0.3 is 11.9 Å². The fourth-order valence-corrected chi connectivity index (χ4v) is 5.70. The lowest BCUT2D eigenvalue weighted by atomic mass is 9.74. The standard InChI is InChI=1S/C32H44FN3O6/c1-7-36-27(14-15-34-36)28(37)17-24(21-10-8-19(2)9-11-21)30(39)35-26-13-12-22(16-25(26)33)20(3)23(31(40)41)18-29(38)42-32(4,5)6/h12-16,19-21,23-24H,7-11,17-18H2,1-6H3,(H,35,39)(H,40,41)/t19?,20-,21?,23+,24-/m0/s1. The summed E-state index contributed by atoms with van der Waals surface area (Å²) in [5.41, 5.74) is 0.0195. The molecule has 0 radical (unpaired) electrons. The first-order chi connectivity index (χ1) is 19.7. The lowest BCUT2D eigenvalue weighted by molar-refractivity contribution is -0.160. The number of carbonyl (C=O) groups is 4. The molecule has 230 valence electrons. The van der Waals surface area contributed by atoms with Crippen molar-refractivity contribution in [3.05, 3.63) is 47.5 Å². The first kappa shape index (κ1) is 32.9. The molecule has 2 N–H and O–H groups in total. The van der Waals surface area contributed by atoms with Crippen LogP contribution < -0.4 is 5.32 Å². The molecule has 0 unspecified atom stereocenters. The highest BCUT2D eigenvalue weighted by molar-refractivity contribution is 6.00. The highest BCUT2D eigenvalue weighted by Crippen LogP contribution is 2.36. The van der Waals surface area contributed by atoms with Crippen LogP contribution in [0.4, 0.5) is 10.1 Å². The van der Waals surface area contributed by atoms with Crippen LogP contribution in [0.2, 0.25) is 0 Å². The van der Waals surface area contributed by atoms with Crippen molar-refractivity contribution in [3.63, 3.8) is 0 Å². The van der Waals surface area contributed by atoms with E-state index in [1.165, 1.54) is 12.1 Å². The van der Waals surface area contributed by atoms with Crippen molar-refractivity contribution in [2.75, 3.05) is 5.32 Å². The van der Waals surface area contributed by atoms with E-state index in [9.17, 15) is 24.3 Å². The highest BCUT2D eigenvalue weighted by atomic mass is 19.1. The van der Waals surface area contributed by atoms with Crippen LogP contribution in [0, 0.1) is 29.5 Å². The van der Waals surface area contributed by atoms with Gasteiger partial charge in [0.2, 0.25) is 5.91 Å². The Balaban J connectivity index is 1.78. The number of Topliss-reactive ketones (excluding diaryl/α,β-unsaturated/α-hetero) is 1. The van der Waals surface area contributed by atoms with Gasteiger partial charge in [0, 0.05) is 25.1 Å². The van der Waals surface area contributed by atoms with Gasteiger partial charge in [0.25, 0.3) is 0 Å². The predicted octanol–water partition coefficient (Wildman–Crippen LogP) is 6.23. The van der Waals surface area contributed by atoms with E-state index in [1.54, 1.807) is 50.7 Å². The van der Waals surface area contributed by atoms with Gasteiger partial charge < -0.3 is 15.2 Å². The molecule has 10 heteroatoms. The molecule has 0 saturated heterocycles. The Morgan fingerprint density at radius 1 is 1.12 bits per heavy atom. The van der Waals surface area contributed by atoms with Crippen LogP contribution in [-0.4, -0.2) is 44.1 Å². The molecule has 3 atom stereocenters. The number of nitrogens with one attached hydrogen (secondary N) is 1. The summed E-state index contributed by atoms with van der Waals surface area (Å²) < 4.78 is 22.2. The number of aryl methyl sites for hydroxylation is 1. The van der Waals surface area contributed by atoms with Crippen molar-refractivity contribution in [1.29, 1.82) is 0 Å². The summed E-state index contributed by atoms with van der Waals surface area (Å²) in [6, 6.07) is 5.79. The van der Waals surface area contributed by atoms with Gasteiger partial charge in [0.05, 0.1) is 18.0 Å². The third-order valence-corrected chi connectivity index (χ3v) is 8.18. The number of carboxylic acids is 1. The molecule has 1 saturated carbocycles. The maximum absolute atomic E-state index is 15.3. The quantitative estimate of drug-likeness (QED) is 0.223. The fraction of sp³-hybridized carbons (Fsp3) is 0.594. The first-order valence-electron chi connectivity index (χ1n) is 14.8. The zero-order valence-corrected chi connectivity index (χ0v) is 25.5. The molecule has 2 aromatic rings. The molecule has 42 heavy (non-hydrogen) atoms. The SMILES string of the molecule is CCn1nccc1C(=O)C[C@H](C(=O)Nc1ccc([C@H](C)[C@@H](CC(=O)OC(C)(C)C)C(=O)O)cc1F)C1CCC(C)CC1. The summed E-state index contributed by atoms with van der Waals surface area (Å²) in [6.07, 6.45) is 4.75. The fourth-order valence-electron chi connectivity index (χ4n) is 5.70. The number of aliphatic carboxylic acids is 1. The van der Waals surface area contributed by atoms with Gasteiger partial charge in [-0.05, 0) is 82.1 Å². The number of ketones is 1. The van der Waals surface area contributed by atoms with E-state index < -0.39 is 47.0 Å². The molecule has 3 rings (SSSR count). The maximum atomic E-state index is 15.3. The van der Waals surface area contributed by atoms with E-state index in [2.05, 4.69) is 17.3 Å². The number of amides is 1. The van der Waals surface area contributed by atoms with Gasteiger partial charge in [-0.15, -0.1) is 0 Å². The molecule has 1 aliphatic rings. The number of hydrogen-bond donors (Lipinski definition) is 2. The van der Waals surface area contributed by atoms with Crippen LogP contribution in [0.1, 0.15) is 102 Å². The molecule has 0 aliphatic heterocycles. The Bertz CT molecular complexity index is 1280. The zero-order chi connectivity index (χ0) is 31.2. The predicted molar refractivity (Wildman–Crippen MR) is 156 cm³/mol. The Labute approximate surface area is 247 Å². The van der Waals surface area contributed by atoms with Gasteiger partial charge in [0.1, 0.15) is 17.1 Å². The number of anilines is 1. The number of carboxylic acid groups (broad SMARTS) is 1. The number of ether oxygens (including phenoxy) is 1. The average Bonchev–Trinajstić information content (AvgIpc) is 3.39. The zero-order valence-electron chi connectivity index (χ0n) is 25.5. The van der Waals surface area contributed by atoms with Crippen LogP contribution in [0.3, 0.4) is 0 Å². The van der Waals surface area contributed by atoms with Crippen LogP contribution in [0.25, 0.3) is 0 Å². The second-order valence-electron chi connectivity index (χ2n) is 12.5. The highest BCUT2D eigenvalue weighted by Gasteiger charge is 2.35. The number of nitrogens with zero attached hydrogens (tertiary/aromatic N) is 2. The normalized spacial score (nSPS) is 19.4. The van der Waals surface area contributed by atoms with Gasteiger partial charge in [-0.25, -0.2) is 4.39 Å². The Morgan fingerprint density at radius 3 is 2.36 bits per heavy atom. The molecular formula is C32H44FN3O6. The summed E-state index contributed by atoms with van der Waals surface area (Å²) in [5.74, 6) is -5.06. The Hall–Kier alpha value is -3.56. The van der Waals surface area contributed by atoms with E-state index >= 15 is 4.39 Å². The third kappa shape index (κ3) is 8.72. The van der Waals surface area contributed by atoms with Gasteiger partial charge in [-0.2, -0.15) is 5.10 Å². The van der Waals surface area contributed by atoms with Crippen molar-refractivity contribution in [2.45, 2.75) is 98.1 Å². The van der Waals surface area contributed by atoms with E-state index in [1.807, 2.05) is 6.92 Å². The van der Waals surface area contributed by atoms with E-state index in [0.29, 0.717) is 23.7 Å². The number of carbonyl (C=O) groups excluding carboxylic acids is 3. The van der Waals surface area contributed by atoms with E-state index in [0.717, 1.165) is 25.7 Å².